The fraction of sp³-hybridized carbons (Fsp3) is 0.625. The van der Waals surface area contributed by atoms with E-state index in [1.54, 1.807) is 12.1 Å². The Labute approximate surface area is 116 Å². The van der Waals surface area contributed by atoms with Crippen molar-refractivity contribution >= 4 is 0 Å². The Morgan fingerprint density at radius 1 is 1.37 bits per heavy atom. The number of hydrogen-bond donors (Lipinski definition) is 1. The van der Waals surface area contributed by atoms with Gasteiger partial charge in [-0.2, -0.15) is 0 Å². The van der Waals surface area contributed by atoms with Crippen molar-refractivity contribution in [2.24, 2.45) is 0 Å². The highest BCUT2D eigenvalue weighted by Crippen LogP contribution is 2.18. The maximum atomic E-state index is 13.6. The molecule has 0 spiro atoms. The third-order valence-corrected chi connectivity index (χ3v) is 4.03. The van der Waals surface area contributed by atoms with E-state index in [2.05, 4.69) is 31.0 Å². The first kappa shape index (κ1) is 14.5. The van der Waals surface area contributed by atoms with Gasteiger partial charge in [0.05, 0.1) is 0 Å². The van der Waals surface area contributed by atoms with E-state index in [9.17, 15) is 4.39 Å². The lowest BCUT2D eigenvalue weighted by molar-refractivity contribution is 0.0937. The van der Waals surface area contributed by atoms with Crippen molar-refractivity contribution in [3.8, 4) is 0 Å². The van der Waals surface area contributed by atoms with Crippen LogP contribution in [0.1, 0.15) is 32.8 Å². The van der Waals surface area contributed by atoms with Crippen LogP contribution in [-0.4, -0.2) is 36.1 Å². The Morgan fingerprint density at radius 3 is 2.79 bits per heavy atom. The summed E-state index contributed by atoms with van der Waals surface area (Å²) >= 11 is 0. The van der Waals surface area contributed by atoms with Crippen LogP contribution < -0.4 is 5.32 Å². The Balaban J connectivity index is 1.98. The summed E-state index contributed by atoms with van der Waals surface area (Å²) < 4.78 is 13.6. The van der Waals surface area contributed by atoms with E-state index in [4.69, 9.17) is 0 Å². The SMILES string of the molecule is CCC1CNC(C)(C)CN1CCc1ccccc1F. The number of piperazine rings is 1. The number of benzene rings is 1. The highest BCUT2D eigenvalue weighted by Gasteiger charge is 2.31. The second-order valence-corrected chi connectivity index (χ2v) is 6.14. The molecule has 0 amide bonds. The van der Waals surface area contributed by atoms with E-state index in [0.29, 0.717) is 6.04 Å². The zero-order chi connectivity index (χ0) is 13.9. The molecule has 1 atom stereocenters. The van der Waals surface area contributed by atoms with Crippen LogP contribution in [0.3, 0.4) is 0 Å². The first-order chi connectivity index (χ1) is 9.02. The summed E-state index contributed by atoms with van der Waals surface area (Å²) in [4.78, 5) is 2.50. The summed E-state index contributed by atoms with van der Waals surface area (Å²) in [6, 6.07) is 7.68. The zero-order valence-corrected chi connectivity index (χ0v) is 12.2. The van der Waals surface area contributed by atoms with Gasteiger partial charge in [-0.1, -0.05) is 25.1 Å². The van der Waals surface area contributed by atoms with Gasteiger partial charge >= 0.3 is 0 Å². The van der Waals surface area contributed by atoms with E-state index in [-0.39, 0.29) is 11.4 Å². The fourth-order valence-corrected chi connectivity index (χ4v) is 2.85. The molecule has 0 radical (unpaired) electrons. The van der Waals surface area contributed by atoms with E-state index >= 15 is 0 Å². The lowest BCUT2D eigenvalue weighted by Gasteiger charge is -2.44. The second kappa shape index (κ2) is 6.02. The molecule has 0 aliphatic carbocycles. The molecule has 19 heavy (non-hydrogen) atoms. The second-order valence-electron chi connectivity index (χ2n) is 6.14. The van der Waals surface area contributed by atoms with E-state index in [1.807, 2.05) is 12.1 Å². The zero-order valence-electron chi connectivity index (χ0n) is 12.2. The van der Waals surface area contributed by atoms with Crippen LogP contribution in [0.5, 0.6) is 0 Å². The van der Waals surface area contributed by atoms with Gasteiger partial charge in [-0.05, 0) is 38.3 Å². The fourth-order valence-electron chi connectivity index (χ4n) is 2.85. The molecular weight excluding hydrogens is 239 g/mol. The first-order valence-corrected chi connectivity index (χ1v) is 7.24. The number of nitrogens with zero attached hydrogens (tertiary/aromatic N) is 1. The van der Waals surface area contributed by atoms with Crippen molar-refractivity contribution < 1.29 is 4.39 Å². The summed E-state index contributed by atoms with van der Waals surface area (Å²) in [6.45, 7) is 9.68. The van der Waals surface area contributed by atoms with Gasteiger partial charge in [0.25, 0.3) is 0 Å². The molecular formula is C16H25FN2. The number of halogens is 1. The number of rotatable bonds is 4. The molecule has 1 aromatic carbocycles. The van der Waals surface area contributed by atoms with Crippen LogP contribution >= 0.6 is 0 Å². The molecule has 1 saturated heterocycles. The molecule has 3 heteroatoms. The Morgan fingerprint density at radius 2 is 2.11 bits per heavy atom. The predicted octanol–water partition coefficient (Wildman–Crippen LogP) is 2.83. The minimum Gasteiger partial charge on any atom is -0.309 e. The summed E-state index contributed by atoms with van der Waals surface area (Å²) in [6.07, 6.45) is 1.93. The van der Waals surface area contributed by atoms with Gasteiger partial charge in [0, 0.05) is 31.2 Å². The van der Waals surface area contributed by atoms with Gasteiger partial charge < -0.3 is 5.32 Å². The maximum absolute atomic E-state index is 13.6. The average molecular weight is 264 g/mol. The first-order valence-electron chi connectivity index (χ1n) is 7.24. The average Bonchev–Trinajstić information content (AvgIpc) is 2.37. The topological polar surface area (TPSA) is 15.3 Å². The molecule has 2 rings (SSSR count). The van der Waals surface area contributed by atoms with E-state index in [1.165, 1.54) is 0 Å². The molecule has 1 unspecified atom stereocenters. The summed E-state index contributed by atoms with van der Waals surface area (Å²) in [5.41, 5.74) is 0.981. The quantitative estimate of drug-likeness (QED) is 0.899. The predicted molar refractivity (Wildman–Crippen MR) is 77.8 cm³/mol. The van der Waals surface area contributed by atoms with Gasteiger partial charge in [0.1, 0.15) is 5.82 Å². The third kappa shape index (κ3) is 3.77. The monoisotopic (exact) mass is 264 g/mol. The third-order valence-electron chi connectivity index (χ3n) is 4.03. The van der Waals surface area contributed by atoms with E-state index < -0.39 is 0 Å². The van der Waals surface area contributed by atoms with Crippen molar-refractivity contribution in [2.75, 3.05) is 19.6 Å². The van der Waals surface area contributed by atoms with Crippen LogP contribution in [0.4, 0.5) is 4.39 Å². The minimum atomic E-state index is -0.0788. The van der Waals surface area contributed by atoms with Gasteiger partial charge in [-0.25, -0.2) is 4.39 Å². The highest BCUT2D eigenvalue weighted by molar-refractivity contribution is 5.17. The highest BCUT2D eigenvalue weighted by atomic mass is 19.1. The summed E-state index contributed by atoms with van der Waals surface area (Å²) in [7, 11) is 0. The van der Waals surface area contributed by atoms with Crippen molar-refractivity contribution in [3.63, 3.8) is 0 Å². The van der Waals surface area contributed by atoms with Crippen molar-refractivity contribution in [1.29, 1.82) is 0 Å². The normalized spacial score (nSPS) is 23.5. The Hall–Kier alpha value is -0.930. The van der Waals surface area contributed by atoms with Crippen molar-refractivity contribution in [1.82, 2.24) is 10.2 Å². The van der Waals surface area contributed by atoms with Crippen molar-refractivity contribution in [3.05, 3.63) is 35.6 Å². The summed E-state index contributed by atoms with van der Waals surface area (Å²) in [5, 5.41) is 3.58. The van der Waals surface area contributed by atoms with Gasteiger partial charge in [0.2, 0.25) is 0 Å². The molecule has 2 nitrogen and oxygen atoms in total. The largest absolute Gasteiger partial charge is 0.309 e. The Kier molecular flexibility index (Phi) is 4.58. The molecule has 1 aromatic rings. The molecule has 1 aliphatic rings. The molecule has 0 aromatic heterocycles. The van der Waals surface area contributed by atoms with Crippen molar-refractivity contribution in [2.45, 2.75) is 45.2 Å². The van der Waals surface area contributed by atoms with Crippen LogP contribution in [0.15, 0.2) is 24.3 Å². The molecule has 1 N–H and O–H groups in total. The Bertz CT molecular complexity index is 417. The number of hydrogen-bond acceptors (Lipinski definition) is 2. The molecule has 1 fully saturated rings. The molecule has 106 valence electrons. The molecule has 0 bridgehead atoms. The van der Waals surface area contributed by atoms with Crippen LogP contribution in [0, 0.1) is 5.82 Å². The van der Waals surface area contributed by atoms with Crippen LogP contribution in [0.2, 0.25) is 0 Å². The van der Waals surface area contributed by atoms with Gasteiger partial charge in [-0.15, -0.1) is 0 Å². The molecule has 0 saturated carbocycles. The lowest BCUT2D eigenvalue weighted by Crippen LogP contribution is -2.61. The lowest BCUT2D eigenvalue weighted by atomic mass is 9.97. The van der Waals surface area contributed by atoms with Crippen LogP contribution in [-0.2, 0) is 6.42 Å². The smallest absolute Gasteiger partial charge is 0.126 e. The van der Waals surface area contributed by atoms with Gasteiger partial charge in [-0.3, -0.25) is 4.90 Å². The minimum absolute atomic E-state index is 0.0788. The van der Waals surface area contributed by atoms with Gasteiger partial charge in [0.15, 0.2) is 0 Å². The summed E-state index contributed by atoms with van der Waals surface area (Å²) in [5.74, 6) is -0.0788. The standard InChI is InChI=1S/C16H25FN2/c1-4-14-11-18-16(2,3)12-19(14)10-9-13-7-5-6-8-15(13)17/h5-8,14,18H,4,9-12H2,1-3H3. The molecule has 1 aliphatic heterocycles. The number of nitrogens with one attached hydrogen (secondary N) is 1. The van der Waals surface area contributed by atoms with Crippen LogP contribution in [0.25, 0.3) is 0 Å². The maximum Gasteiger partial charge on any atom is 0.126 e. The van der Waals surface area contributed by atoms with E-state index in [0.717, 1.165) is 38.0 Å². The molecule has 1 heterocycles.